The minimum atomic E-state index is 0.411. The molecule has 0 aliphatic carbocycles. The number of anilines is 4. The van der Waals surface area contributed by atoms with Gasteiger partial charge in [-0.3, -0.25) is 0 Å². The maximum atomic E-state index is 5.39. The maximum absolute atomic E-state index is 5.39. The smallest absolute Gasteiger partial charge is 0.234 e. The van der Waals surface area contributed by atoms with Crippen LogP contribution in [0.15, 0.2) is 48.8 Å². The average molecular weight is 381 g/mol. The highest BCUT2D eigenvalue weighted by atomic mass is 16.5. The van der Waals surface area contributed by atoms with Crippen molar-refractivity contribution in [3.63, 3.8) is 0 Å². The second-order valence-corrected chi connectivity index (χ2v) is 5.73. The maximum Gasteiger partial charge on any atom is 0.234 e. The number of benzene rings is 2. The van der Waals surface area contributed by atoms with Gasteiger partial charge in [-0.05, 0) is 19.1 Å². The third kappa shape index (κ3) is 4.06. The van der Waals surface area contributed by atoms with Crippen molar-refractivity contribution in [3.8, 4) is 17.2 Å². The van der Waals surface area contributed by atoms with Crippen LogP contribution in [-0.4, -0.2) is 42.8 Å². The summed E-state index contributed by atoms with van der Waals surface area (Å²) in [5.41, 5.74) is 1.71. The number of para-hydroxylation sites is 1. The average Bonchev–Trinajstić information content (AvgIpc) is 2.74. The molecule has 0 fully saturated rings. The van der Waals surface area contributed by atoms with Crippen LogP contribution >= 0.6 is 0 Å². The lowest BCUT2D eigenvalue weighted by molar-refractivity contribution is 0.324. The molecule has 0 radical (unpaired) electrons. The summed E-state index contributed by atoms with van der Waals surface area (Å²) in [6.45, 7) is 2.76. The Morgan fingerprint density at radius 2 is 1.61 bits per heavy atom. The molecule has 3 aromatic rings. The molecule has 1 N–H and O–H groups in total. The number of ether oxygens (including phenoxy) is 3. The largest absolute Gasteiger partial charge is 0.493 e. The van der Waals surface area contributed by atoms with Gasteiger partial charge in [0.25, 0.3) is 0 Å². The van der Waals surface area contributed by atoms with Crippen LogP contribution in [0.25, 0.3) is 0 Å². The minimum absolute atomic E-state index is 0.411. The van der Waals surface area contributed by atoms with E-state index in [1.165, 1.54) is 6.33 Å². The molecular weight excluding hydrogens is 358 g/mol. The van der Waals surface area contributed by atoms with Crippen LogP contribution in [0.3, 0.4) is 0 Å². The minimum Gasteiger partial charge on any atom is -0.493 e. The van der Waals surface area contributed by atoms with E-state index < -0.39 is 0 Å². The number of rotatable bonds is 8. The molecule has 1 heterocycles. The zero-order chi connectivity index (χ0) is 19.9. The third-order valence-corrected chi connectivity index (χ3v) is 4.11. The molecule has 2 aromatic carbocycles. The van der Waals surface area contributed by atoms with Gasteiger partial charge in [0.15, 0.2) is 11.5 Å². The predicted octanol–water partition coefficient (Wildman–Crippen LogP) is 3.80. The number of nitrogens with zero attached hydrogens (tertiary/aromatic N) is 4. The van der Waals surface area contributed by atoms with Gasteiger partial charge < -0.3 is 24.4 Å². The van der Waals surface area contributed by atoms with Crippen molar-refractivity contribution in [1.29, 1.82) is 0 Å². The van der Waals surface area contributed by atoms with Crippen LogP contribution in [0.1, 0.15) is 6.92 Å². The Balaban J connectivity index is 1.91. The van der Waals surface area contributed by atoms with E-state index in [1.807, 2.05) is 42.2 Å². The van der Waals surface area contributed by atoms with Gasteiger partial charge in [0.1, 0.15) is 6.33 Å². The van der Waals surface area contributed by atoms with Crippen LogP contribution in [0.5, 0.6) is 17.2 Å². The normalized spacial score (nSPS) is 10.3. The lowest BCUT2D eigenvalue weighted by atomic mass is 10.2. The molecule has 0 aliphatic rings. The zero-order valence-corrected chi connectivity index (χ0v) is 16.3. The first-order valence-electron chi connectivity index (χ1n) is 8.78. The molecule has 0 saturated heterocycles. The Morgan fingerprint density at radius 3 is 2.18 bits per heavy atom. The van der Waals surface area contributed by atoms with Crippen molar-refractivity contribution in [3.05, 3.63) is 48.8 Å². The van der Waals surface area contributed by atoms with E-state index in [0.717, 1.165) is 12.2 Å². The van der Waals surface area contributed by atoms with E-state index >= 15 is 0 Å². The molecule has 0 bridgehead atoms. The van der Waals surface area contributed by atoms with E-state index in [2.05, 4.69) is 20.3 Å². The van der Waals surface area contributed by atoms with Crippen molar-refractivity contribution in [2.75, 3.05) is 38.1 Å². The lowest BCUT2D eigenvalue weighted by Crippen LogP contribution is -2.19. The Bertz CT molecular complexity index is 896. The lowest BCUT2D eigenvalue weighted by Gasteiger charge is -2.21. The van der Waals surface area contributed by atoms with Crippen LogP contribution in [-0.2, 0) is 0 Å². The van der Waals surface area contributed by atoms with Crippen molar-refractivity contribution >= 4 is 23.3 Å². The number of hydrogen-bond acceptors (Lipinski definition) is 8. The van der Waals surface area contributed by atoms with Gasteiger partial charge in [0.2, 0.25) is 17.6 Å². The second kappa shape index (κ2) is 8.90. The van der Waals surface area contributed by atoms with Gasteiger partial charge in [0, 0.05) is 30.1 Å². The Labute approximate surface area is 164 Å². The van der Waals surface area contributed by atoms with E-state index in [0.29, 0.717) is 34.8 Å². The highest BCUT2D eigenvalue weighted by Gasteiger charge is 2.15. The Morgan fingerprint density at radius 1 is 0.929 bits per heavy atom. The zero-order valence-electron chi connectivity index (χ0n) is 16.3. The molecule has 1 aromatic heterocycles. The molecular formula is C20H23N5O3. The van der Waals surface area contributed by atoms with Crippen LogP contribution in [0.4, 0.5) is 23.3 Å². The van der Waals surface area contributed by atoms with Crippen LogP contribution in [0, 0.1) is 0 Å². The molecule has 146 valence electrons. The predicted molar refractivity (Wildman–Crippen MR) is 108 cm³/mol. The summed E-state index contributed by atoms with van der Waals surface area (Å²) in [7, 11) is 4.71. The van der Waals surface area contributed by atoms with Gasteiger partial charge >= 0.3 is 0 Å². The number of methoxy groups -OCH3 is 3. The fraction of sp³-hybridized carbons (Fsp3) is 0.250. The summed E-state index contributed by atoms with van der Waals surface area (Å²) in [4.78, 5) is 15.1. The Hall–Kier alpha value is -3.55. The summed E-state index contributed by atoms with van der Waals surface area (Å²) >= 11 is 0. The molecule has 28 heavy (non-hydrogen) atoms. The highest BCUT2D eigenvalue weighted by Crippen LogP contribution is 2.40. The molecule has 3 rings (SSSR count). The molecule has 0 saturated carbocycles. The van der Waals surface area contributed by atoms with Gasteiger partial charge in [-0.25, -0.2) is 9.97 Å². The molecule has 8 heteroatoms. The molecule has 0 aliphatic heterocycles. The quantitative estimate of drug-likeness (QED) is 0.631. The van der Waals surface area contributed by atoms with E-state index in [4.69, 9.17) is 14.2 Å². The first kappa shape index (κ1) is 19.2. The fourth-order valence-electron chi connectivity index (χ4n) is 2.81. The topological polar surface area (TPSA) is 81.6 Å². The summed E-state index contributed by atoms with van der Waals surface area (Å²) in [6.07, 6.45) is 1.48. The standard InChI is InChI=1S/C20H23N5O3/c1-5-25(15-9-7-6-8-10-15)20-22-13-21-19(24-20)23-14-11-16(26-2)18(28-4)17(12-14)27-3/h6-13H,5H2,1-4H3,(H,21,22,23,24). The number of hydrogen-bond donors (Lipinski definition) is 1. The number of aromatic nitrogens is 3. The van der Waals surface area contributed by atoms with Crippen LogP contribution < -0.4 is 24.4 Å². The first-order valence-corrected chi connectivity index (χ1v) is 8.78. The molecule has 0 atom stereocenters. The van der Waals surface area contributed by atoms with Gasteiger partial charge in [-0.1, -0.05) is 18.2 Å². The van der Waals surface area contributed by atoms with Gasteiger partial charge in [-0.15, -0.1) is 0 Å². The molecule has 0 unspecified atom stereocenters. The summed E-state index contributed by atoms with van der Waals surface area (Å²) in [6, 6.07) is 13.5. The van der Waals surface area contributed by atoms with Crippen molar-refractivity contribution < 1.29 is 14.2 Å². The second-order valence-electron chi connectivity index (χ2n) is 5.73. The molecule has 8 nitrogen and oxygen atoms in total. The molecule has 0 amide bonds. The van der Waals surface area contributed by atoms with Crippen molar-refractivity contribution in [2.45, 2.75) is 6.92 Å². The van der Waals surface area contributed by atoms with Crippen molar-refractivity contribution in [1.82, 2.24) is 15.0 Å². The first-order chi connectivity index (χ1) is 13.7. The number of nitrogens with one attached hydrogen (secondary N) is 1. The van der Waals surface area contributed by atoms with E-state index in [9.17, 15) is 0 Å². The van der Waals surface area contributed by atoms with Gasteiger partial charge in [-0.2, -0.15) is 4.98 Å². The van der Waals surface area contributed by atoms with Crippen molar-refractivity contribution in [2.24, 2.45) is 0 Å². The summed E-state index contributed by atoms with van der Waals surface area (Å²) in [5.74, 6) is 2.57. The third-order valence-electron chi connectivity index (χ3n) is 4.11. The van der Waals surface area contributed by atoms with Gasteiger partial charge in [0.05, 0.1) is 21.3 Å². The molecule has 0 spiro atoms. The highest BCUT2D eigenvalue weighted by molar-refractivity contribution is 5.66. The fourth-order valence-corrected chi connectivity index (χ4v) is 2.81. The monoisotopic (exact) mass is 381 g/mol. The Kier molecular flexibility index (Phi) is 6.11. The summed E-state index contributed by atoms with van der Waals surface area (Å²) in [5, 5.41) is 3.17. The van der Waals surface area contributed by atoms with E-state index in [1.54, 1.807) is 33.5 Å². The van der Waals surface area contributed by atoms with Crippen LogP contribution in [0.2, 0.25) is 0 Å². The van der Waals surface area contributed by atoms with E-state index in [-0.39, 0.29) is 0 Å². The SMILES string of the molecule is CCN(c1ccccc1)c1ncnc(Nc2cc(OC)c(OC)c(OC)c2)n1. The summed E-state index contributed by atoms with van der Waals surface area (Å²) < 4.78 is 16.1.